The van der Waals surface area contributed by atoms with Crippen LogP contribution in [-0.2, 0) is 13.2 Å². The Morgan fingerprint density at radius 2 is 2.11 bits per heavy atom. The van der Waals surface area contributed by atoms with Gasteiger partial charge < -0.3 is 14.8 Å². The van der Waals surface area contributed by atoms with Gasteiger partial charge in [-0.3, -0.25) is 4.79 Å². The molecule has 0 radical (unpaired) electrons. The van der Waals surface area contributed by atoms with Crippen molar-refractivity contribution in [3.63, 3.8) is 0 Å². The second kappa shape index (κ2) is 4.62. The number of fused-ring (bicyclic) bond motifs is 1. The minimum atomic E-state index is -1.23. The van der Waals surface area contributed by atoms with Crippen LogP contribution >= 0.6 is 0 Å². The number of pyridine rings is 1. The van der Waals surface area contributed by atoms with E-state index < -0.39 is 11.4 Å². The van der Waals surface area contributed by atoms with Crippen LogP contribution in [0.4, 0.5) is 0 Å². The first-order valence-electron chi connectivity index (χ1n) is 5.58. The SMILES string of the molecule is CCn1cc(C(=O)O)c(=O)c2ccc(CO)cc21. The molecule has 1 aromatic carbocycles. The standard InChI is InChI=1S/C13H13NO4/c1-2-14-6-10(13(17)18)12(16)9-4-3-8(7-15)5-11(9)14/h3-6,15H,2,7H2,1H3,(H,17,18). The maximum Gasteiger partial charge on any atom is 0.341 e. The maximum atomic E-state index is 12.0. The monoisotopic (exact) mass is 247 g/mol. The number of aryl methyl sites for hydroxylation is 1. The number of aromatic nitrogens is 1. The van der Waals surface area contributed by atoms with E-state index >= 15 is 0 Å². The predicted octanol–water partition coefficient (Wildman–Crippen LogP) is 1.21. The molecule has 2 N–H and O–H groups in total. The van der Waals surface area contributed by atoms with Crippen LogP contribution in [0.25, 0.3) is 10.9 Å². The molecule has 0 atom stereocenters. The molecule has 0 bridgehead atoms. The highest BCUT2D eigenvalue weighted by atomic mass is 16.4. The highest BCUT2D eigenvalue weighted by molar-refractivity contribution is 5.92. The van der Waals surface area contributed by atoms with Crippen molar-refractivity contribution >= 4 is 16.9 Å². The molecular weight excluding hydrogens is 234 g/mol. The number of hydrogen-bond acceptors (Lipinski definition) is 3. The zero-order chi connectivity index (χ0) is 13.3. The van der Waals surface area contributed by atoms with E-state index in [0.717, 1.165) is 0 Å². The van der Waals surface area contributed by atoms with Crippen molar-refractivity contribution in [2.24, 2.45) is 0 Å². The molecule has 5 heteroatoms. The zero-order valence-electron chi connectivity index (χ0n) is 9.88. The van der Waals surface area contributed by atoms with Crippen LogP contribution in [-0.4, -0.2) is 20.7 Å². The van der Waals surface area contributed by atoms with E-state index in [2.05, 4.69) is 0 Å². The summed E-state index contributed by atoms with van der Waals surface area (Å²) < 4.78 is 1.69. The summed E-state index contributed by atoms with van der Waals surface area (Å²) in [6.07, 6.45) is 1.34. The topological polar surface area (TPSA) is 79.5 Å². The summed E-state index contributed by atoms with van der Waals surface area (Å²) >= 11 is 0. The first-order chi connectivity index (χ1) is 8.58. The molecule has 0 saturated heterocycles. The summed E-state index contributed by atoms with van der Waals surface area (Å²) in [4.78, 5) is 23.0. The normalized spacial score (nSPS) is 10.8. The maximum absolute atomic E-state index is 12.0. The lowest BCUT2D eigenvalue weighted by atomic mass is 10.1. The molecule has 94 valence electrons. The van der Waals surface area contributed by atoms with Gasteiger partial charge in [0.15, 0.2) is 0 Å². The number of carbonyl (C=O) groups is 1. The minimum absolute atomic E-state index is 0.117. The summed E-state index contributed by atoms with van der Waals surface area (Å²) in [6, 6.07) is 4.88. The van der Waals surface area contributed by atoms with Crippen LogP contribution < -0.4 is 5.43 Å². The number of carboxylic acid groups (broad SMARTS) is 1. The van der Waals surface area contributed by atoms with Gasteiger partial charge >= 0.3 is 5.97 Å². The largest absolute Gasteiger partial charge is 0.477 e. The van der Waals surface area contributed by atoms with Gasteiger partial charge in [0.25, 0.3) is 0 Å². The Hall–Kier alpha value is -2.14. The van der Waals surface area contributed by atoms with Crippen molar-refractivity contribution in [3.8, 4) is 0 Å². The number of benzene rings is 1. The van der Waals surface area contributed by atoms with Gasteiger partial charge in [0.05, 0.1) is 12.1 Å². The zero-order valence-corrected chi connectivity index (χ0v) is 9.88. The van der Waals surface area contributed by atoms with Crippen LogP contribution in [0.3, 0.4) is 0 Å². The second-order valence-electron chi connectivity index (χ2n) is 3.97. The third kappa shape index (κ3) is 1.89. The van der Waals surface area contributed by atoms with Crippen LogP contribution in [0, 0.1) is 0 Å². The van der Waals surface area contributed by atoms with Gasteiger partial charge in [-0.1, -0.05) is 6.07 Å². The smallest absolute Gasteiger partial charge is 0.341 e. The van der Waals surface area contributed by atoms with Gasteiger partial charge in [-0.15, -0.1) is 0 Å². The number of aliphatic hydroxyl groups excluding tert-OH is 1. The van der Waals surface area contributed by atoms with E-state index in [1.165, 1.54) is 6.20 Å². The number of hydrogen-bond donors (Lipinski definition) is 2. The van der Waals surface area contributed by atoms with Crippen molar-refractivity contribution < 1.29 is 15.0 Å². The Morgan fingerprint density at radius 1 is 1.39 bits per heavy atom. The molecule has 1 heterocycles. The Bertz CT molecular complexity index is 672. The van der Waals surface area contributed by atoms with Crippen molar-refractivity contribution in [3.05, 3.63) is 45.7 Å². The molecular formula is C13H13NO4. The molecule has 0 aliphatic heterocycles. The fourth-order valence-electron chi connectivity index (χ4n) is 1.95. The Labute approximate surface area is 103 Å². The Kier molecular flexibility index (Phi) is 3.16. The van der Waals surface area contributed by atoms with E-state index in [9.17, 15) is 9.59 Å². The van der Waals surface area contributed by atoms with Crippen LogP contribution in [0.1, 0.15) is 22.8 Å². The van der Waals surface area contributed by atoms with Crippen LogP contribution in [0.5, 0.6) is 0 Å². The van der Waals surface area contributed by atoms with Crippen LogP contribution in [0.15, 0.2) is 29.2 Å². The summed E-state index contributed by atoms with van der Waals surface area (Å²) in [5, 5.41) is 18.4. The number of aliphatic hydroxyl groups is 1. The van der Waals surface area contributed by atoms with E-state index in [1.807, 2.05) is 6.92 Å². The highest BCUT2D eigenvalue weighted by Crippen LogP contribution is 2.15. The average molecular weight is 247 g/mol. The first-order valence-corrected chi connectivity index (χ1v) is 5.58. The molecule has 0 unspecified atom stereocenters. The van der Waals surface area contributed by atoms with Crippen molar-refractivity contribution in [1.82, 2.24) is 4.57 Å². The van der Waals surface area contributed by atoms with Gasteiger partial charge in [-0.05, 0) is 24.6 Å². The van der Waals surface area contributed by atoms with Crippen molar-refractivity contribution in [1.29, 1.82) is 0 Å². The van der Waals surface area contributed by atoms with Crippen molar-refractivity contribution in [2.75, 3.05) is 0 Å². The molecule has 2 rings (SSSR count). The molecule has 2 aromatic rings. The molecule has 18 heavy (non-hydrogen) atoms. The lowest BCUT2D eigenvalue weighted by Crippen LogP contribution is -2.18. The fraction of sp³-hybridized carbons (Fsp3) is 0.231. The molecule has 0 amide bonds. The molecule has 5 nitrogen and oxygen atoms in total. The first kappa shape index (κ1) is 12.3. The number of nitrogens with zero attached hydrogens (tertiary/aromatic N) is 1. The molecule has 0 aliphatic carbocycles. The van der Waals surface area contributed by atoms with E-state index in [-0.39, 0.29) is 12.2 Å². The summed E-state index contributed by atoms with van der Waals surface area (Å²) in [5.41, 5.74) is 0.596. The molecule has 0 aliphatic rings. The Morgan fingerprint density at radius 3 is 2.67 bits per heavy atom. The second-order valence-corrected chi connectivity index (χ2v) is 3.97. The molecule has 0 saturated carbocycles. The summed E-state index contributed by atoms with van der Waals surface area (Å²) in [6.45, 7) is 2.29. The summed E-state index contributed by atoms with van der Waals surface area (Å²) in [5.74, 6) is -1.23. The Balaban J connectivity index is 2.88. The molecule has 0 spiro atoms. The third-order valence-electron chi connectivity index (χ3n) is 2.90. The number of aromatic carboxylic acids is 1. The molecule has 1 aromatic heterocycles. The number of rotatable bonds is 3. The third-order valence-corrected chi connectivity index (χ3v) is 2.90. The average Bonchev–Trinajstić information content (AvgIpc) is 2.38. The predicted molar refractivity (Wildman–Crippen MR) is 66.8 cm³/mol. The van der Waals surface area contributed by atoms with Gasteiger partial charge in [0.2, 0.25) is 5.43 Å². The van der Waals surface area contributed by atoms with Gasteiger partial charge in [0.1, 0.15) is 5.56 Å². The lowest BCUT2D eigenvalue weighted by molar-refractivity contribution is 0.0695. The lowest BCUT2D eigenvalue weighted by Gasteiger charge is -2.10. The fourth-order valence-corrected chi connectivity index (χ4v) is 1.95. The minimum Gasteiger partial charge on any atom is -0.477 e. The highest BCUT2D eigenvalue weighted by Gasteiger charge is 2.14. The molecule has 0 fully saturated rings. The quantitative estimate of drug-likeness (QED) is 0.854. The van der Waals surface area contributed by atoms with Gasteiger partial charge in [-0.25, -0.2) is 4.79 Å². The summed E-state index contributed by atoms with van der Waals surface area (Å²) in [7, 11) is 0. The van der Waals surface area contributed by atoms with Gasteiger partial charge in [-0.2, -0.15) is 0 Å². The van der Waals surface area contributed by atoms with E-state index in [0.29, 0.717) is 23.0 Å². The van der Waals surface area contributed by atoms with Gasteiger partial charge in [0, 0.05) is 18.1 Å². The van der Waals surface area contributed by atoms with Crippen LogP contribution in [0.2, 0.25) is 0 Å². The number of carboxylic acids is 1. The van der Waals surface area contributed by atoms with E-state index in [1.54, 1.807) is 22.8 Å². The van der Waals surface area contributed by atoms with E-state index in [4.69, 9.17) is 10.2 Å². The van der Waals surface area contributed by atoms with Crippen molar-refractivity contribution in [2.45, 2.75) is 20.1 Å².